The van der Waals surface area contributed by atoms with E-state index in [9.17, 15) is 4.79 Å². The number of hydrogen-bond acceptors (Lipinski definition) is 4. The van der Waals surface area contributed by atoms with Gasteiger partial charge < -0.3 is 9.32 Å². The highest BCUT2D eigenvalue weighted by atomic mass is 32.1. The van der Waals surface area contributed by atoms with Crippen molar-refractivity contribution in [3.8, 4) is 10.8 Å². The van der Waals surface area contributed by atoms with Gasteiger partial charge in [0.2, 0.25) is 5.91 Å². The number of benzene rings is 1. The van der Waals surface area contributed by atoms with Gasteiger partial charge in [-0.25, -0.2) is 4.98 Å². The maximum Gasteiger partial charge on any atom is 0.228 e. The van der Waals surface area contributed by atoms with Crippen molar-refractivity contribution in [1.82, 2.24) is 9.88 Å². The average Bonchev–Trinajstić information content (AvgIpc) is 3.25. The lowest BCUT2D eigenvalue weighted by Gasteiger charge is -2.25. The highest BCUT2D eigenvalue weighted by Gasteiger charge is 2.19. The van der Waals surface area contributed by atoms with Crippen molar-refractivity contribution < 1.29 is 9.21 Å². The second kappa shape index (κ2) is 6.79. The zero-order valence-electron chi connectivity index (χ0n) is 13.1. The summed E-state index contributed by atoms with van der Waals surface area (Å²) >= 11 is 1.49. The summed E-state index contributed by atoms with van der Waals surface area (Å²) in [5.74, 6) is 0.789. The van der Waals surface area contributed by atoms with E-state index in [1.165, 1.54) is 11.3 Å². The van der Waals surface area contributed by atoms with E-state index in [1.807, 2.05) is 61.8 Å². The Kier molecular flexibility index (Phi) is 4.57. The molecule has 1 aromatic carbocycles. The van der Waals surface area contributed by atoms with Crippen molar-refractivity contribution in [1.29, 1.82) is 0 Å². The van der Waals surface area contributed by atoms with E-state index in [2.05, 4.69) is 4.98 Å². The highest BCUT2D eigenvalue weighted by molar-refractivity contribution is 7.13. The van der Waals surface area contributed by atoms with E-state index >= 15 is 0 Å². The Bertz CT molecular complexity index is 765. The lowest BCUT2D eigenvalue weighted by atomic mass is 10.1. The van der Waals surface area contributed by atoms with Crippen LogP contribution in [-0.2, 0) is 11.2 Å². The lowest BCUT2D eigenvalue weighted by molar-refractivity contribution is -0.131. The highest BCUT2D eigenvalue weighted by Crippen LogP contribution is 2.25. The van der Waals surface area contributed by atoms with Gasteiger partial charge in [-0.3, -0.25) is 4.79 Å². The minimum atomic E-state index is 0.0341. The van der Waals surface area contributed by atoms with E-state index in [1.54, 1.807) is 11.2 Å². The molecule has 4 nitrogen and oxygen atoms in total. The Hall–Kier alpha value is -2.40. The summed E-state index contributed by atoms with van der Waals surface area (Å²) in [6.45, 7) is 2.03. The molecular formula is C18H18N2O2S. The molecule has 0 unspecified atom stereocenters. The standard InChI is InChI=1S/C18H18N2O2S/c1-13(14-7-4-3-5-8-14)20(2)17(21)11-15-12-23-18(19-15)16-9-6-10-22-16/h3-10,12-13H,11H2,1-2H3/t13-/m0/s1. The van der Waals surface area contributed by atoms with Gasteiger partial charge in [0.1, 0.15) is 0 Å². The van der Waals surface area contributed by atoms with Gasteiger partial charge in [-0.1, -0.05) is 30.3 Å². The van der Waals surface area contributed by atoms with Crippen LogP contribution in [0, 0.1) is 0 Å². The first kappa shape index (κ1) is 15.5. The molecule has 1 atom stereocenters. The third-order valence-corrected chi connectivity index (χ3v) is 4.78. The predicted octanol–water partition coefficient (Wildman–Crippen LogP) is 4.17. The molecule has 0 aliphatic heterocycles. The second-order valence-electron chi connectivity index (χ2n) is 5.39. The lowest BCUT2D eigenvalue weighted by Crippen LogP contribution is -2.31. The molecule has 0 N–H and O–H groups in total. The summed E-state index contributed by atoms with van der Waals surface area (Å²) in [6, 6.07) is 13.7. The minimum Gasteiger partial charge on any atom is -0.462 e. The molecule has 0 aliphatic carbocycles. The molecule has 0 radical (unpaired) electrons. The number of thiazole rings is 1. The van der Waals surface area contributed by atoms with Crippen LogP contribution in [0.15, 0.2) is 58.5 Å². The Morgan fingerprint density at radius 2 is 2.04 bits per heavy atom. The van der Waals surface area contributed by atoms with Gasteiger partial charge in [-0.05, 0) is 24.6 Å². The molecule has 0 saturated carbocycles. The fourth-order valence-electron chi connectivity index (χ4n) is 2.35. The van der Waals surface area contributed by atoms with Crippen LogP contribution in [0.1, 0.15) is 24.2 Å². The summed E-state index contributed by atoms with van der Waals surface area (Å²) in [5.41, 5.74) is 1.90. The number of rotatable bonds is 5. The molecule has 3 rings (SSSR count). The normalized spacial score (nSPS) is 12.1. The van der Waals surface area contributed by atoms with Crippen molar-refractivity contribution in [3.63, 3.8) is 0 Å². The molecule has 2 heterocycles. The van der Waals surface area contributed by atoms with Crippen molar-refractivity contribution in [2.45, 2.75) is 19.4 Å². The maximum absolute atomic E-state index is 12.5. The number of nitrogens with zero attached hydrogens (tertiary/aromatic N) is 2. The van der Waals surface area contributed by atoms with E-state index < -0.39 is 0 Å². The third kappa shape index (κ3) is 3.51. The summed E-state index contributed by atoms with van der Waals surface area (Å²) in [4.78, 5) is 18.7. The Morgan fingerprint density at radius 3 is 2.74 bits per heavy atom. The van der Waals surface area contributed by atoms with Gasteiger partial charge >= 0.3 is 0 Å². The quantitative estimate of drug-likeness (QED) is 0.707. The average molecular weight is 326 g/mol. The number of amides is 1. The van der Waals surface area contributed by atoms with Gasteiger partial charge in [0, 0.05) is 12.4 Å². The number of furan rings is 1. The van der Waals surface area contributed by atoms with Gasteiger partial charge in [-0.2, -0.15) is 0 Å². The van der Waals surface area contributed by atoms with Gasteiger partial charge in [0.05, 0.1) is 24.4 Å². The predicted molar refractivity (Wildman–Crippen MR) is 91.1 cm³/mol. The van der Waals surface area contributed by atoms with Crippen molar-refractivity contribution >= 4 is 17.2 Å². The van der Waals surface area contributed by atoms with Crippen LogP contribution >= 0.6 is 11.3 Å². The smallest absolute Gasteiger partial charge is 0.228 e. The monoisotopic (exact) mass is 326 g/mol. The molecule has 0 fully saturated rings. The van der Waals surface area contributed by atoms with Gasteiger partial charge in [0.15, 0.2) is 10.8 Å². The maximum atomic E-state index is 12.5. The number of carbonyl (C=O) groups is 1. The summed E-state index contributed by atoms with van der Waals surface area (Å²) in [5, 5.41) is 2.72. The largest absolute Gasteiger partial charge is 0.462 e. The molecule has 0 spiro atoms. The summed E-state index contributed by atoms with van der Waals surface area (Å²) in [7, 11) is 1.83. The van der Waals surface area contributed by atoms with Gasteiger partial charge in [0.25, 0.3) is 0 Å². The van der Waals surface area contributed by atoms with Crippen molar-refractivity contribution in [2.75, 3.05) is 7.05 Å². The first-order chi connectivity index (χ1) is 11.1. The fourth-order valence-corrected chi connectivity index (χ4v) is 3.14. The van der Waals surface area contributed by atoms with Crippen LogP contribution in [-0.4, -0.2) is 22.8 Å². The third-order valence-electron chi connectivity index (χ3n) is 3.87. The molecular weight excluding hydrogens is 308 g/mol. The molecule has 0 bridgehead atoms. The molecule has 2 aromatic heterocycles. The topological polar surface area (TPSA) is 46.3 Å². The minimum absolute atomic E-state index is 0.0341. The van der Waals surface area contributed by atoms with Crippen molar-refractivity contribution in [3.05, 3.63) is 65.4 Å². The van der Waals surface area contributed by atoms with Crippen LogP contribution < -0.4 is 0 Å². The van der Waals surface area contributed by atoms with Crippen LogP contribution in [0.4, 0.5) is 0 Å². The molecule has 0 saturated heterocycles. The van der Waals surface area contributed by atoms with Crippen LogP contribution in [0.2, 0.25) is 0 Å². The van der Waals surface area contributed by atoms with Crippen LogP contribution in [0.3, 0.4) is 0 Å². The number of carbonyl (C=O) groups excluding carboxylic acids is 1. The Labute approximate surface area is 139 Å². The van der Waals surface area contributed by atoms with E-state index in [-0.39, 0.29) is 11.9 Å². The van der Waals surface area contributed by atoms with Crippen LogP contribution in [0.5, 0.6) is 0 Å². The number of likely N-dealkylation sites (N-methyl/N-ethyl adjacent to an activating group) is 1. The molecule has 3 aromatic rings. The Balaban J connectivity index is 1.67. The molecule has 1 amide bonds. The number of hydrogen-bond donors (Lipinski definition) is 0. The first-order valence-corrected chi connectivity index (χ1v) is 8.32. The zero-order valence-corrected chi connectivity index (χ0v) is 13.9. The fraction of sp³-hybridized carbons (Fsp3) is 0.222. The van der Waals surface area contributed by atoms with Crippen LogP contribution in [0.25, 0.3) is 10.8 Å². The zero-order chi connectivity index (χ0) is 16.2. The van der Waals surface area contributed by atoms with E-state index in [0.717, 1.165) is 22.0 Å². The Morgan fingerprint density at radius 1 is 1.26 bits per heavy atom. The molecule has 23 heavy (non-hydrogen) atoms. The molecule has 118 valence electrons. The van der Waals surface area contributed by atoms with Crippen molar-refractivity contribution in [2.24, 2.45) is 0 Å². The summed E-state index contributed by atoms with van der Waals surface area (Å²) < 4.78 is 5.33. The SMILES string of the molecule is C[C@@H](c1ccccc1)N(C)C(=O)Cc1csc(-c2ccco2)n1. The molecule has 0 aliphatic rings. The first-order valence-electron chi connectivity index (χ1n) is 7.44. The van der Waals surface area contributed by atoms with E-state index in [4.69, 9.17) is 4.42 Å². The molecule has 5 heteroatoms. The second-order valence-corrected chi connectivity index (χ2v) is 6.25. The van der Waals surface area contributed by atoms with Gasteiger partial charge in [-0.15, -0.1) is 11.3 Å². The number of aromatic nitrogens is 1. The van der Waals surface area contributed by atoms with E-state index in [0.29, 0.717) is 6.42 Å². The summed E-state index contributed by atoms with van der Waals surface area (Å²) in [6.07, 6.45) is 1.92.